The molecular formula is C22H31ClIN7O. The Hall–Kier alpha value is -1.88. The van der Waals surface area contributed by atoms with E-state index in [1.54, 1.807) is 0 Å². The number of aryl methyl sites for hydroxylation is 1. The highest BCUT2D eigenvalue weighted by molar-refractivity contribution is 14.0. The number of fused-ring (bicyclic) bond motifs is 1. The zero-order chi connectivity index (χ0) is 21.6. The minimum atomic E-state index is 0. The fourth-order valence-corrected chi connectivity index (χ4v) is 4.37. The van der Waals surface area contributed by atoms with Crippen LogP contribution >= 0.6 is 35.6 Å². The van der Waals surface area contributed by atoms with Crippen LogP contribution in [0.15, 0.2) is 29.3 Å². The summed E-state index contributed by atoms with van der Waals surface area (Å²) in [6.07, 6.45) is 3.74. The third-order valence-electron chi connectivity index (χ3n) is 5.82. The monoisotopic (exact) mass is 571 g/mol. The van der Waals surface area contributed by atoms with E-state index >= 15 is 0 Å². The predicted molar refractivity (Wildman–Crippen MR) is 136 cm³/mol. The van der Waals surface area contributed by atoms with Crippen molar-refractivity contribution >= 4 is 47.4 Å². The van der Waals surface area contributed by atoms with Crippen LogP contribution in [0.1, 0.15) is 37.0 Å². The van der Waals surface area contributed by atoms with Gasteiger partial charge in [-0.1, -0.05) is 23.7 Å². The molecule has 3 heterocycles. The van der Waals surface area contributed by atoms with Crippen LogP contribution in [0.5, 0.6) is 0 Å². The third-order valence-corrected chi connectivity index (χ3v) is 6.05. The van der Waals surface area contributed by atoms with Gasteiger partial charge in [-0.2, -0.15) is 0 Å². The molecule has 0 saturated carbocycles. The Labute approximate surface area is 211 Å². The van der Waals surface area contributed by atoms with Crippen LogP contribution in [0.2, 0.25) is 5.02 Å². The van der Waals surface area contributed by atoms with Gasteiger partial charge in [0.1, 0.15) is 12.4 Å². The Kier molecular flexibility index (Phi) is 9.15. The Morgan fingerprint density at radius 1 is 1.12 bits per heavy atom. The average molecular weight is 572 g/mol. The normalized spacial score (nSPS) is 16.4. The Morgan fingerprint density at radius 3 is 2.66 bits per heavy atom. The first-order chi connectivity index (χ1) is 15.1. The maximum Gasteiger partial charge on any atom is 0.227 e. The summed E-state index contributed by atoms with van der Waals surface area (Å²) in [4.78, 5) is 21.7. The number of carbonyl (C=O) groups excluding carboxylic acids is 1. The molecule has 0 radical (unpaired) electrons. The number of aliphatic imine (C=N–C) groups is 1. The summed E-state index contributed by atoms with van der Waals surface area (Å²) in [5.74, 6) is 3.02. The number of piperazine rings is 1. The topological polar surface area (TPSA) is 78.7 Å². The number of halogens is 2. The number of aromatic nitrogens is 3. The molecule has 0 aliphatic carbocycles. The van der Waals surface area contributed by atoms with Crippen molar-refractivity contribution in [1.29, 1.82) is 0 Å². The van der Waals surface area contributed by atoms with Crippen molar-refractivity contribution in [2.24, 2.45) is 4.99 Å². The van der Waals surface area contributed by atoms with Gasteiger partial charge in [0.15, 0.2) is 11.8 Å². The van der Waals surface area contributed by atoms with Gasteiger partial charge in [0.25, 0.3) is 0 Å². The van der Waals surface area contributed by atoms with E-state index in [0.717, 1.165) is 55.8 Å². The second kappa shape index (κ2) is 11.8. The summed E-state index contributed by atoms with van der Waals surface area (Å²) in [5.41, 5.74) is 0.950. The lowest BCUT2D eigenvalue weighted by Crippen LogP contribution is -2.54. The van der Waals surface area contributed by atoms with Gasteiger partial charge in [-0.15, -0.1) is 34.2 Å². The molecule has 1 aromatic heterocycles. The molecule has 8 nitrogen and oxygen atoms in total. The van der Waals surface area contributed by atoms with Gasteiger partial charge in [-0.05, 0) is 37.5 Å². The number of rotatable bonds is 5. The molecule has 174 valence electrons. The first-order valence-electron chi connectivity index (χ1n) is 11.1. The van der Waals surface area contributed by atoms with E-state index in [4.69, 9.17) is 16.6 Å². The van der Waals surface area contributed by atoms with Crippen molar-refractivity contribution in [2.75, 3.05) is 32.7 Å². The molecule has 0 spiro atoms. The van der Waals surface area contributed by atoms with Crippen molar-refractivity contribution in [3.63, 3.8) is 0 Å². The zero-order valence-corrected chi connectivity index (χ0v) is 21.6. The molecule has 1 N–H and O–H groups in total. The van der Waals surface area contributed by atoms with Gasteiger partial charge >= 0.3 is 0 Å². The molecule has 0 atom stereocenters. The Morgan fingerprint density at radius 2 is 1.91 bits per heavy atom. The predicted octanol–water partition coefficient (Wildman–Crippen LogP) is 2.74. The highest BCUT2D eigenvalue weighted by Gasteiger charge is 2.23. The van der Waals surface area contributed by atoms with E-state index in [1.165, 1.54) is 12.8 Å². The van der Waals surface area contributed by atoms with Gasteiger partial charge in [-0.25, -0.2) is 4.99 Å². The number of nitrogens with one attached hydrogen (secondary N) is 1. The molecule has 1 saturated heterocycles. The van der Waals surface area contributed by atoms with Crippen LogP contribution in [0.25, 0.3) is 0 Å². The highest BCUT2D eigenvalue weighted by atomic mass is 127. The first kappa shape index (κ1) is 24.8. The van der Waals surface area contributed by atoms with E-state index in [-0.39, 0.29) is 29.9 Å². The highest BCUT2D eigenvalue weighted by Crippen LogP contribution is 2.15. The summed E-state index contributed by atoms with van der Waals surface area (Å²) in [6, 6.07) is 7.51. The number of guanidine groups is 1. The van der Waals surface area contributed by atoms with Gasteiger partial charge < -0.3 is 19.7 Å². The Balaban J connectivity index is 0.00000289. The van der Waals surface area contributed by atoms with E-state index in [0.29, 0.717) is 31.1 Å². The van der Waals surface area contributed by atoms with Crippen LogP contribution < -0.4 is 5.32 Å². The standard InChI is InChI=1S/C22H30ClN7O.HI/c1-2-24-22(25-16-20-27-26-19-8-3-4-9-30(19)20)29-12-10-28(11-13-29)21(31)15-17-6-5-7-18(23)14-17;/h5-7,14H,2-4,8-13,15-16H2,1H3,(H,24,25);1H. The lowest BCUT2D eigenvalue weighted by molar-refractivity contribution is -0.131. The second-order valence-electron chi connectivity index (χ2n) is 7.99. The SMILES string of the molecule is CCNC(=NCc1nnc2n1CCCC2)N1CCN(C(=O)Cc2cccc(Cl)c2)CC1.I. The Bertz CT molecular complexity index is 940. The molecule has 2 aromatic rings. The average Bonchev–Trinajstić information content (AvgIpc) is 3.20. The maximum atomic E-state index is 12.7. The molecular weight excluding hydrogens is 541 g/mol. The third kappa shape index (κ3) is 6.12. The van der Waals surface area contributed by atoms with E-state index in [9.17, 15) is 4.79 Å². The van der Waals surface area contributed by atoms with Crippen molar-refractivity contribution in [3.8, 4) is 0 Å². The number of benzene rings is 1. The van der Waals surface area contributed by atoms with Crippen LogP contribution in [-0.4, -0.2) is 69.2 Å². The second-order valence-corrected chi connectivity index (χ2v) is 8.42. The summed E-state index contributed by atoms with van der Waals surface area (Å²) in [6.45, 7) is 7.24. The van der Waals surface area contributed by atoms with Crippen LogP contribution in [-0.2, 0) is 30.7 Å². The first-order valence-corrected chi connectivity index (χ1v) is 11.5. The minimum Gasteiger partial charge on any atom is -0.357 e. The van der Waals surface area contributed by atoms with Gasteiger partial charge in [0, 0.05) is 50.7 Å². The van der Waals surface area contributed by atoms with Crippen LogP contribution in [0, 0.1) is 0 Å². The van der Waals surface area contributed by atoms with E-state index < -0.39 is 0 Å². The van der Waals surface area contributed by atoms with Gasteiger partial charge in [0.2, 0.25) is 5.91 Å². The minimum absolute atomic E-state index is 0. The maximum absolute atomic E-state index is 12.7. The summed E-state index contributed by atoms with van der Waals surface area (Å²) >= 11 is 6.04. The molecule has 1 amide bonds. The zero-order valence-electron chi connectivity index (χ0n) is 18.5. The van der Waals surface area contributed by atoms with Crippen LogP contribution in [0.4, 0.5) is 0 Å². The number of nitrogens with zero attached hydrogens (tertiary/aromatic N) is 6. The lowest BCUT2D eigenvalue weighted by Gasteiger charge is -2.36. The summed E-state index contributed by atoms with van der Waals surface area (Å²) < 4.78 is 2.21. The molecule has 2 aliphatic rings. The quantitative estimate of drug-likeness (QED) is 0.339. The molecule has 4 rings (SSSR count). The van der Waals surface area contributed by atoms with E-state index in [1.807, 2.05) is 29.2 Å². The molecule has 10 heteroatoms. The molecule has 1 aromatic carbocycles. The smallest absolute Gasteiger partial charge is 0.227 e. The van der Waals surface area contributed by atoms with Crippen molar-refractivity contribution in [2.45, 2.75) is 45.7 Å². The molecule has 32 heavy (non-hydrogen) atoms. The summed E-state index contributed by atoms with van der Waals surface area (Å²) in [7, 11) is 0. The number of hydrogen-bond donors (Lipinski definition) is 1. The molecule has 1 fully saturated rings. The van der Waals surface area contributed by atoms with Gasteiger partial charge in [-0.3, -0.25) is 4.79 Å². The fraction of sp³-hybridized carbons (Fsp3) is 0.545. The lowest BCUT2D eigenvalue weighted by atomic mass is 10.1. The molecule has 2 aliphatic heterocycles. The van der Waals surface area contributed by atoms with Gasteiger partial charge in [0.05, 0.1) is 6.42 Å². The molecule has 0 bridgehead atoms. The van der Waals surface area contributed by atoms with E-state index in [2.05, 4.69) is 31.9 Å². The largest absolute Gasteiger partial charge is 0.357 e. The van der Waals surface area contributed by atoms with Crippen molar-refractivity contribution in [3.05, 3.63) is 46.5 Å². The van der Waals surface area contributed by atoms with Crippen LogP contribution in [0.3, 0.4) is 0 Å². The van der Waals surface area contributed by atoms with Crippen molar-refractivity contribution < 1.29 is 4.79 Å². The van der Waals surface area contributed by atoms with Crippen molar-refractivity contribution in [1.82, 2.24) is 29.9 Å². The number of hydrogen-bond acceptors (Lipinski definition) is 4. The number of amides is 1. The number of carbonyl (C=O) groups is 1. The fourth-order valence-electron chi connectivity index (χ4n) is 4.16. The summed E-state index contributed by atoms with van der Waals surface area (Å²) in [5, 5.41) is 12.7. The molecule has 0 unspecified atom stereocenters.